The van der Waals surface area contributed by atoms with Crippen molar-refractivity contribution in [2.24, 2.45) is 52.3 Å². The number of carbonyl (C=O) groups is 1. The van der Waals surface area contributed by atoms with E-state index in [0.29, 0.717) is 60.2 Å². The predicted molar refractivity (Wildman–Crippen MR) is 159 cm³/mol. The van der Waals surface area contributed by atoms with E-state index >= 15 is 0 Å². The highest BCUT2D eigenvalue weighted by Crippen LogP contribution is 2.69. The Morgan fingerprint density at radius 3 is 2.29 bits per heavy atom. The molecule has 0 spiro atoms. The van der Waals surface area contributed by atoms with E-state index in [9.17, 15) is 13.2 Å². The lowest BCUT2D eigenvalue weighted by molar-refractivity contribution is -0.120. The Bertz CT molecular complexity index is 931. The van der Waals surface area contributed by atoms with Crippen molar-refractivity contribution in [3.8, 4) is 0 Å². The van der Waals surface area contributed by atoms with E-state index in [2.05, 4.69) is 39.9 Å². The van der Waals surface area contributed by atoms with Crippen molar-refractivity contribution in [1.29, 1.82) is 0 Å². The molecule has 0 saturated heterocycles. The molecule has 0 amide bonds. The number of sulfone groups is 1. The van der Waals surface area contributed by atoms with Crippen LogP contribution in [-0.2, 0) is 14.6 Å². The van der Waals surface area contributed by atoms with Gasteiger partial charge in [-0.15, -0.1) is 0 Å². The lowest BCUT2D eigenvalue weighted by Crippen LogP contribution is -2.60. The van der Waals surface area contributed by atoms with Crippen molar-refractivity contribution in [1.82, 2.24) is 5.32 Å². The molecular weight excluding hydrogens is 490 g/mol. The standard InChI is InChI=1S/C33H59NO3S/c1-8-26(35)12-11-23(4)27-13-14-28-31-29(16-18-33(27,28)6)32(5)17-15-25(34-19-9-10-22(2)3)20-24(32)21-30(31)38(7,36)37/h22-25,27-31,34H,8-21H2,1-7H3/t23-,24-,25?,27-,28?,29?,30?,31?,32+,33-/m1/s1. The monoisotopic (exact) mass is 549 g/mol. The molecule has 0 aromatic carbocycles. The third-order valence-electron chi connectivity index (χ3n) is 12.6. The molecule has 10 atom stereocenters. The number of rotatable bonds is 11. The third-order valence-corrected chi connectivity index (χ3v) is 14.2. The van der Waals surface area contributed by atoms with Gasteiger partial charge in [0, 0.05) is 25.1 Å². The van der Waals surface area contributed by atoms with Crippen LogP contribution in [0.3, 0.4) is 0 Å². The quantitative estimate of drug-likeness (QED) is 0.272. The summed E-state index contributed by atoms with van der Waals surface area (Å²) < 4.78 is 26.9. The fraction of sp³-hybridized carbons (Fsp3) is 0.970. The van der Waals surface area contributed by atoms with E-state index in [1.165, 1.54) is 51.4 Å². The van der Waals surface area contributed by atoms with Crippen LogP contribution in [0, 0.1) is 52.3 Å². The first kappa shape index (κ1) is 30.5. The van der Waals surface area contributed by atoms with Crippen molar-refractivity contribution in [3.05, 3.63) is 0 Å². The van der Waals surface area contributed by atoms with Crippen molar-refractivity contribution < 1.29 is 13.2 Å². The largest absolute Gasteiger partial charge is 0.314 e. The molecule has 1 N–H and O–H groups in total. The molecule has 4 rings (SSSR count). The van der Waals surface area contributed by atoms with Crippen LogP contribution in [-0.4, -0.2) is 38.3 Å². The van der Waals surface area contributed by atoms with Crippen LogP contribution < -0.4 is 5.32 Å². The maximum atomic E-state index is 13.4. The molecule has 38 heavy (non-hydrogen) atoms. The molecular formula is C33H59NO3S. The number of ketones is 1. The minimum absolute atomic E-state index is 0.175. The van der Waals surface area contributed by atoms with Crippen LogP contribution in [0.15, 0.2) is 0 Å². The summed E-state index contributed by atoms with van der Waals surface area (Å²) in [6.45, 7) is 15.1. The van der Waals surface area contributed by atoms with E-state index in [1.54, 1.807) is 6.26 Å². The zero-order valence-corrected chi connectivity index (χ0v) is 26.5. The topological polar surface area (TPSA) is 63.2 Å². The van der Waals surface area contributed by atoms with Gasteiger partial charge in [0.05, 0.1) is 5.25 Å². The average Bonchev–Trinajstić information content (AvgIpc) is 3.21. The second kappa shape index (κ2) is 11.8. The average molecular weight is 550 g/mol. The summed E-state index contributed by atoms with van der Waals surface area (Å²) in [5.41, 5.74) is 0.498. The molecule has 4 nitrogen and oxygen atoms in total. The minimum Gasteiger partial charge on any atom is -0.314 e. The normalized spacial score (nSPS) is 41.8. The van der Waals surface area contributed by atoms with Crippen LogP contribution in [0.25, 0.3) is 0 Å². The first-order valence-electron chi connectivity index (χ1n) is 16.2. The zero-order valence-electron chi connectivity index (χ0n) is 25.7. The van der Waals surface area contributed by atoms with Gasteiger partial charge in [0.25, 0.3) is 0 Å². The molecule has 5 heteroatoms. The van der Waals surface area contributed by atoms with E-state index in [0.717, 1.165) is 31.7 Å². The van der Waals surface area contributed by atoms with Crippen LogP contribution in [0.5, 0.6) is 0 Å². The second-order valence-corrected chi connectivity index (χ2v) is 17.5. The number of carbonyl (C=O) groups excluding carboxylic acids is 1. The van der Waals surface area contributed by atoms with Gasteiger partial charge in [0.2, 0.25) is 0 Å². The molecule has 0 bridgehead atoms. The Kier molecular flexibility index (Phi) is 9.50. The van der Waals surface area contributed by atoms with Gasteiger partial charge in [0.15, 0.2) is 9.84 Å². The lowest BCUT2D eigenvalue weighted by Gasteiger charge is -2.63. The molecule has 4 aliphatic carbocycles. The fourth-order valence-corrected chi connectivity index (χ4v) is 11.9. The van der Waals surface area contributed by atoms with Gasteiger partial charge in [-0.2, -0.15) is 0 Å². The van der Waals surface area contributed by atoms with Gasteiger partial charge in [-0.25, -0.2) is 8.42 Å². The Hall–Kier alpha value is -0.420. The summed E-state index contributed by atoms with van der Waals surface area (Å²) >= 11 is 0. The van der Waals surface area contributed by atoms with E-state index in [1.807, 2.05) is 6.92 Å². The van der Waals surface area contributed by atoms with Gasteiger partial charge in [-0.05, 0) is 129 Å². The highest BCUT2D eigenvalue weighted by molar-refractivity contribution is 7.91. The van der Waals surface area contributed by atoms with Crippen LogP contribution in [0.2, 0.25) is 0 Å². The third kappa shape index (κ3) is 5.95. The number of nitrogens with one attached hydrogen (secondary N) is 1. The molecule has 5 unspecified atom stereocenters. The molecule has 0 radical (unpaired) electrons. The molecule has 220 valence electrons. The Balaban J connectivity index is 1.52. The number of fused-ring (bicyclic) bond motifs is 5. The Morgan fingerprint density at radius 1 is 0.947 bits per heavy atom. The molecule has 4 aliphatic rings. The highest BCUT2D eigenvalue weighted by Gasteiger charge is 2.64. The van der Waals surface area contributed by atoms with E-state index in [-0.39, 0.29) is 16.1 Å². The van der Waals surface area contributed by atoms with Crippen LogP contribution >= 0.6 is 0 Å². The van der Waals surface area contributed by atoms with Gasteiger partial charge in [0.1, 0.15) is 5.78 Å². The molecule has 4 saturated carbocycles. The smallest absolute Gasteiger partial charge is 0.150 e. The summed E-state index contributed by atoms with van der Waals surface area (Å²) in [6, 6.07) is 0.549. The predicted octanol–water partition coefficient (Wildman–Crippen LogP) is 7.46. The first-order chi connectivity index (χ1) is 17.8. The van der Waals surface area contributed by atoms with Gasteiger partial charge < -0.3 is 5.32 Å². The summed E-state index contributed by atoms with van der Waals surface area (Å²) in [4.78, 5) is 12.1. The Morgan fingerprint density at radius 2 is 1.63 bits per heavy atom. The van der Waals surface area contributed by atoms with Crippen molar-refractivity contribution in [3.63, 3.8) is 0 Å². The summed E-state index contributed by atoms with van der Waals surface area (Å²) in [5, 5.41) is 3.69. The van der Waals surface area contributed by atoms with E-state index < -0.39 is 9.84 Å². The molecule has 0 aliphatic heterocycles. The number of hydrogen-bond acceptors (Lipinski definition) is 4. The summed E-state index contributed by atoms with van der Waals surface area (Å²) in [5.74, 6) is 4.18. The maximum Gasteiger partial charge on any atom is 0.150 e. The van der Waals surface area contributed by atoms with E-state index in [4.69, 9.17) is 0 Å². The van der Waals surface area contributed by atoms with Gasteiger partial charge in [-0.3, -0.25) is 4.79 Å². The lowest BCUT2D eigenvalue weighted by atomic mass is 9.44. The maximum absolute atomic E-state index is 13.4. The van der Waals surface area contributed by atoms with Gasteiger partial charge >= 0.3 is 0 Å². The second-order valence-electron chi connectivity index (χ2n) is 15.2. The molecule has 0 aromatic rings. The number of hydrogen-bond donors (Lipinski definition) is 1. The van der Waals surface area contributed by atoms with Crippen LogP contribution in [0.4, 0.5) is 0 Å². The van der Waals surface area contributed by atoms with Gasteiger partial charge in [-0.1, -0.05) is 41.5 Å². The summed E-state index contributed by atoms with van der Waals surface area (Å²) in [6.07, 6.45) is 15.7. The highest BCUT2D eigenvalue weighted by atomic mass is 32.2. The molecule has 4 fully saturated rings. The minimum atomic E-state index is -3.11. The zero-order chi connectivity index (χ0) is 27.9. The SMILES string of the molecule is CCC(=O)CC[C@@H](C)[C@H]1CCC2C3C(CC[C@@]21C)[C@@]1(C)CCC(NCCCC(C)C)C[C@@H]1CC3S(C)(=O)=O. The molecule has 0 heterocycles. The molecule has 0 aromatic heterocycles. The summed E-state index contributed by atoms with van der Waals surface area (Å²) in [7, 11) is -3.11. The van der Waals surface area contributed by atoms with Crippen molar-refractivity contribution in [2.45, 2.75) is 136 Å². The number of Topliss-reactive ketones (excluding diaryl/α,β-unsaturated/α-hetero) is 1. The van der Waals surface area contributed by atoms with Crippen LogP contribution in [0.1, 0.15) is 125 Å². The Labute approximate surface area is 235 Å². The fourth-order valence-electron chi connectivity index (χ4n) is 10.4. The van der Waals surface area contributed by atoms with Crippen molar-refractivity contribution in [2.75, 3.05) is 12.8 Å². The first-order valence-corrected chi connectivity index (χ1v) is 18.2. The van der Waals surface area contributed by atoms with Crippen molar-refractivity contribution >= 4 is 15.6 Å².